The van der Waals surface area contributed by atoms with Crippen molar-refractivity contribution in [2.24, 2.45) is 0 Å². The molecular formula is C12H20N4O5. The van der Waals surface area contributed by atoms with Gasteiger partial charge in [0.15, 0.2) is 0 Å². The Hall–Kier alpha value is -2.32. The number of aliphatic carboxylic acids is 1. The van der Waals surface area contributed by atoms with E-state index in [4.69, 9.17) is 5.11 Å². The van der Waals surface area contributed by atoms with Gasteiger partial charge in [0, 0.05) is 25.6 Å². The Labute approximate surface area is 122 Å². The van der Waals surface area contributed by atoms with Crippen LogP contribution in [0.1, 0.15) is 20.3 Å². The minimum Gasteiger partial charge on any atom is -0.480 e. The van der Waals surface area contributed by atoms with Crippen LogP contribution in [0.15, 0.2) is 0 Å². The van der Waals surface area contributed by atoms with Gasteiger partial charge in [-0.3, -0.25) is 14.5 Å². The van der Waals surface area contributed by atoms with Crippen LogP contribution in [0.3, 0.4) is 0 Å². The van der Waals surface area contributed by atoms with Gasteiger partial charge in [0.2, 0.25) is 11.8 Å². The number of urea groups is 1. The zero-order valence-corrected chi connectivity index (χ0v) is 12.0. The highest BCUT2D eigenvalue weighted by Gasteiger charge is 2.35. The third-order valence-corrected chi connectivity index (χ3v) is 2.81. The van der Waals surface area contributed by atoms with Crippen molar-refractivity contribution in [2.45, 2.75) is 32.4 Å². The van der Waals surface area contributed by atoms with Crippen LogP contribution < -0.4 is 16.0 Å². The molecule has 0 aromatic rings. The topological polar surface area (TPSA) is 128 Å². The first-order valence-corrected chi connectivity index (χ1v) is 6.64. The van der Waals surface area contributed by atoms with E-state index >= 15 is 0 Å². The van der Waals surface area contributed by atoms with E-state index in [0.29, 0.717) is 0 Å². The third-order valence-electron chi connectivity index (χ3n) is 2.81. The number of carbonyl (C=O) groups is 4. The summed E-state index contributed by atoms with van der Waals surface area (Å²) in [5.41, 5.74) is 0. The van der Waals surface area contributed by atoms with Crippen molar-refractivity contribution in [3.63, 3.8) is 0 Å². The quantitative estimate of drug-likeness (QED) is 0.491. The molecule has 0 aromatic carbocycles. The van der Waals surface area contributed by atoms with E-state index in [1.807, 2.05) is 13.8 Å². The van der Waals surface area contributed by atoms with Gasteiger partial charge in [0.25, 0.3) is 0 Å². The predicted molar refractivity (Wildman–Crippen MR) is 72.4 cm³/mol. The van der Waals surface area contributed by atoms with Crippen LogP contribution in [0.25, 0.3) is 0 Å². The monoisotopic (exact) mass is 300 g/mol. The second-order valence-corrected chi connectivity index (χ2v) is 4.99. The van der Waals surface area contributed by atoms with Gasteiger partial charge < -0.3 is 21.1 Å². The summed E-state index contributed by atoms with van der Waals surface area (Å²) in [7, 11) is 0. The summed E-state index contributed by atoms with van der Waals surface area (Å²) in [6.45, 7) is 3.26. The molecule has 0 bridgehead atoms. The van der Waals surface area contributed by atoms with Gasteiger partial charge in [-0.05, 0) is 13.8 Å². The maximum Gasteiger partial charge on any atom is 0.328 e. The molecule has 4 amide bonds. The molecule has 0 aliphatic carbocycles. The molecule has 0 saturated carbocycles. The van der Waals surface area contributed by atoms with Crippen LogP contribution in [0.5, 0.6) is 0 Å². The lowest BCUT2D eigenvalue weighted by Crippen LogP contribution is -2.61. The molecular weight excluding hydrogens is 280 g/mol. The molecule has 0 radical (unpaired) electrons. The smallest absolute Gasteiger partial charge is 0.328 e. The minimum absolute atomic E-state index is 0.00961. The first kappa shape index (κ1) is 16.7. The first-order valence-electron chi connectivity index (χ1n) is 6.64. The molecule has 1 atom stereocenters. The number of amides is 4. The zero-order valence-electron chi connectivity index (χ0n) is 12.0. The molecule has 9 nitrogen and oxygen atoms in total. The van der Waals surface area contributed by atoms with E-state index in [1.54, 1.807) is 0 Å². The SMILES string of the molecule is CC(C)NC(=O)CCNC(=O)N1CC(=O)NCC1C(=O)O. The summed E-state index contributed by atoms with van der Waals surface area (Å²) >= 11 is 0. The molecule has 0 spiro atoms. The van der Waals surface area contributed by atoms with Crippen LogP contribution >= 0.6 is 0 Å². The van der Waals surface area contributed by atoms with Crippen LogP contribution in [0, 0.1) is 0 Å². The van der Waals surface area contributed by atoms with E-state index in [-0.39, 0.29) is 38.0 Å². The summed E-state index contributed by atoms with van der Waals surface area (Å²) in [4.78, 5) is 46.6. The average molecular weight is 300 g/mol. The fourth-order valence-corrected chi connectivity index (χ4v) is 1.85. The molecule has 1 unspecified atom stereocenters. The van der Waals surface area contributed by atoms with E-state index in [1.165, 1.54) is 0 Å². The van der Waals surface area contributed by atoms with Crippen molar-refractivity contribution in [1.82, 2.24) is 20.9 Å². The van der Waals surface area contributed by atoms with Gasteiger partial charge in [-0.2, -0.15) is 0 Å². The van der Waals surface area contributed by atoms with Crippen molar-refractivity contribution in [1.29, 1.82) is 0 Å². The molecule has 1 aliphatic heterocycles. The summed E-state index contributed by atoms with van der Waals surface area (Å²) in [5.74, 6) is -1.82. The standard InChI is InChI=1S/C12H20N4O5/c1-7(2)15-9(17)3-4-13-12(21)16-6-10(18)14-5-8(16)11(19)20/h7-8H,3-6H2,1-2H3,(H,13,21)(H,14,18)(H,15,17)(H,19,20). The molecule has 4 N–H and O–H groups in total. The van der Waals surface area contributed by atoms with E-state index in [9.17, 15) is 19.2 Å². The second-order valence-electron chi connectivity index (χ2n) is 4.99. The van der Waals surface area contributed by atoms with Crippen molar-refractivity contribution in [3.05, 3.63) is 0 Å². The Morgan fingerprint density at radius 2 is 2.10 bits per heavy atom. The fourth-order valence-electron chi connectivity index (χ4n) is 1.85. The second kappa shape index (κ2) is 7.46. The average Bonchev–Trinajstić information content (AvgIpc) is 2.37. The summed E-state index contributed by atoms with van der Waals surface area (Å²) in [6, 6.07) is -1.77. The molecule has 0 aromatic heterocycles. The third kappa shape index (κ3) is 5.28. The van der Waals surface area contributed by atoms with Crippen LogP contribution in [-0.4, -0.2) is 65.5 Å². The van der Waals surface area contributed by atoms with Gasteiger partial charge in [-0.25, -0.2) is 9.59 Å². The molecule has 1 fully saturated rings. The Bertz CT molecular complexity index is 437. The number of hydrogen-bond acceptors (Lipinski definition) is 4. The lowest BCUT2D eigenvalue weighted by Gasteiger charge is -2.32. The zero-order chi connectivity index (χ0) is 16.0. The fraction of sp³-hybridized carbons (Fsp3) is 0.667. The number of nitrogens with one attached hydrogen (secondary N) is 3. The highest BCUT2D eigenvalue weighted by atomic mass is 16.4. The Morgan fingerprint density at radius 1 is 1.43 bits per heavy atom. The van der Waals surface area contributed by atoms with Gasteiger partial charge in [-0.1, -0.05) is 0 Å². The van der Waals surface area contributed by atoms with Gasteiger partial charge >= 0.3 is 12.0 Å². The highest BCUT2D eigenvalue weighted by Crippen LogP contribution is 2.04. The lowest BCUT2D eigenvalue weighted by atomic mass is 10.2. The molecule has 21 heavy (non-hydrogen) atoms. The largest absolute Gasteiger partial charge is 0.480 e. The van der Waals surface area contributed by atoms with Crippen LogP contribution in [0.4, 0.5) is 4.79 Å². The summed E-state index contributed by atoms with van der Waals surface area (Å²) in [5, 5.41) is 16.5. The number of carbonyl (C=O) groups excluding carboxylic acids is 3. The summed E-state index contributed by atoms with van der Waals surface area (Å²) in [6.07, 6.45) is 0.0850. The van der Waals surface area contributed by atoms with Crippen LogP contribution in [-0.2, 0) is 14.4 Å². The molecule has 1 rings (SSSR count). The van der Waals surface area contributed by atoms with Crippen LogP contribution in [0.2, 0.25) is 0 Å². The number of rotatable bonds is 5. The first-order chi connectivity index (χ1) is 9.81. The molecule has 1 heterocycles. The number of piperazine rings is 1. The molecule has 1 aliphatic rings. The summed E-state index contributed by atoms with van der Waals surface area (Å²) < 4.78 is 0. The Balaban J connectivity index is 2.47. The maximum atomic E-state index is 11.9. The van der Waals surface area contributed by atoms with Crippen molar-refractivity contribution < 1.29 is 24.3 Å². The Kier molecular flexibility index (Phi) is 5.94. The van der Waals surface area contributed by atoms with Crippen molar-refractivity contribution >= 4 is 23.8 Å². The molecule has 118 valence electrons. The maximum absolute atomic E-state index is 11.9. The predicted octanol–water partition coefficient (Wildman–Crippen LogP) is -1.50. The number of nitrogens with zero attached hydrogens (tertiary/aromatic N) is 1. The van der Waals surface area contributed by atoms with Crippen molar-refractivity contribution in [2.75, 3.05) is 19.6 Å². The lowest BCUT2D eigenvalue weighted by molar-refractivity contribution is -0.144. The van der Waals surface area contributed by atoms with E-state index in [0.717, 1.165) is 4.90 Å². The number of hydrogen-bond donors (Lipinski definition) is 4. The van der Waals surface area contributed by atoms with E-state index < -0.39 is 23.9 Å². The number of carboxylic acids is 1. The normalized spacial score (nSPS) is 18.1. The van der Waals surface area contributed by atoms with Gasteiger partial charge in [0.05, 0.1) is 0 Å². The van der Waals surface area contributed by atoms with Gasteiger partial charge in [0.1, 0.15) is 12.6 Å². The number of carboxylic acid groups (broad SMARTS) is 1. The highest BCUT2D eigenvalue weighted by molar-refractivity contribution is 5.90. The van der Waals surface area contributed by atoms with Gasteiger partial charge in [-0.15, -0.1) is 0 Å². The molecule has 9 heteroatoms. The minimum atomic E-state index is -1.19. The molecule has 1 saturated heterocycles. The Morgan fingerprint density at radius 3 is 2.67 bits per heavy atom. The van der Waals surface area contributed by atoms with E-state index in [2.05, 4.69) is 16.0 Å². The van der Waals surface area contributed by atoms with Crippen molar-refractivity contribution in [3.8, 4) is 0 Å².